The van der Waals surface area contributed by atoms with Gasteiger partial charge in [0.15, 0.2) is 9.74 Å². The van der Waals surface area contributed by atoms with Gasteiger partial charge in [0.1, 0.15) is 0 Å². The van der Waals surface area contributed by atoms with E-state index in [4.69, 9.17) is 4.52 Å². The van der Waals surface area contributed by atoms with Crippen molar-refractivity contribution in [2.24, 2.45) is 0 Å². The first-order valence-corrected chi connectivity index (χ1v) is 5.87. The van der Waals surface area contributed by atoms with Gasteiger partial charge in [-0.05, 0) is 15.9 Å². The molecule has 8 heteroatoms. The highest BCUT2D eigenvalue weighted by Crippen LogP contribution is 2.19. The Labute approximate surface area is 98.2 Å². The second-order valence-electron chi connectivity index (χ2n) is 2.77. The average Bonchev–Trinajstić information content (AvgIpc) is 2.76. The van der Waals surface area contributed by atoms with Crippen molar-refractivity contribution in [3.63, 3.8) is 0 Å². The SMILES string of the molecule is Cc1nc(CCNc2nnc(Br)s2)no1. The van der Waals surface area contributed by atoms with Crippen LogP contribution in [0, 0.1) is 6.92 Å². The Morgan fingerprint density at radius 3 is 2.93 bits per heavy atom. The van der Waals surface area contributed by atoms with Crippen LogP contribution in [0.3, 0.4) is 0 Å². The highest BCUT2D eigenvalue weighted by Gasteiger charge is 2.03. The zero-order valence-electron chi connectivity index (χ0n) is 7.90. The molecule has 0 aliphatic rings. The molecular formula is C7H8BrN5OS. The molecule has 0 aliphatic heterocycles. The molecule has 2 aromatic heterocycles. The Hall–Kier alpha value is -1.02. The largest absolute Gasteiger partial charge is 0.360 e. The standard InChI is InChI=1S/C7H8BrN5OS/c1-4-10-5(13-14-4)2-3-9-7-12-11-6(8)15-7/h2-3H2,1H3,(H,9,12). The first-order chi connectivity index (χ1) is 7.24. The Kier molecular flexibility index (Phi) is 3.27. The lowest BCUT2D eigenvalue weighted by atomic mass is 10.4. The van der Waals surface area contributed by atoms with Gasteiger partial charge < -0.3 is 9.84 Å². The van der Waals surface area contributed by atoms with E-state index >= 15 is 0 Å². The van der Waals surface area contributed by atoms with Gasteiger partial charge in [-0.25, -0.2) is 0 Å². The van der Waals surface area contributed by atoms with Crippen LogP contribution in [-0.2, 0) is 6.42 Å². The summed E-state index contributed by atoms with van der Waals surface area (Å²) in [7, 11) is 0. The first kappa shape index (κ1) is 10.5. The van der Waals surface area contributed by atoms with Crippen LogP contribution in [0.4, 0.5) is 5.13 Å². The van der Waals surface area contributed by atoms with Gasteiger partial charge in [0.2, 0.25) is 11.0 Å². The monoisotopic (exact) mass is 289 g/mol. The van der Waals surface area contributed by atoms with Gasteiger partial charge in [0.05, 0.1) is 0 Å². The maximum atomic E-state index is 4.85. The molecule has 1 N–H and O–H groups in total. The lowest BCUT2D eigenvalue weighted by Gasteiger charge is -1.96. The third kappa shape index (κ3) is 2.96. The second-order valence-corrected chi connectivity index (χ2v) is 5.02. The molecule has 6 nitrogen and oxygen atoms in total. The van der Waals surface area contributed by atoms with E-state index in [9.17, 15) is 0 Å². The Morgan fingerprint density at radius 2 is 2.33 bits per heavy atom. The van der Waals surface area contributed by atoms with Gasteiger partial charge in [-0.3, -0.25) is 0 Å². The smallest absolute Gasteiger partial charge is 0.223 e. The normalized spacial score (nSPS) is 10.5. The third-order valence-corrected chi connectivity index (χ3v) is 2.91. The van der Waals surface area contributed by atoms with Crippen LogP contribution in [0.25, 0.3) is 0 Å². The molecule has 0 spiro atoms. The van der Waals surface area contributed by atoms with Crippen molar-refractivity contribution in [1.82, 2.24) is 20.3 Å². The quantitative estimate of drug-likeness (QED) is 0.922. The van der Waals surface area contributed by atoms with E-state index in [2.05, 4.69) is 41.6 Å². The fourth-order valence-corrected chi connectivity index (χ4v) is 2.04. The van der Waals surface area contributed by atoms with Gasteiger partial charge in [0, 0.05) is 19.9 Å². The first-order valence-electron chi connectivity index (χ1n) is 4.26. The van der Waals surface area contributed by atoms with Gasteiger partial charge in [-0.2, -0.15) is 4.98 Å². The summed E-state index contributed by atoms with van der Waals surface area (Å²) in [4.78, 5) is 4.09. The summed E-state index contributed by atoms with van der Waals surface area (Å²) < 4.78 is 5.61. The molecule has 2 heterocycles. The zero-order valence-corrected chi connectivity index (χ0v) is 10.3. The van der Waals surface area contributed by atoms with Crippen molar-refractivity contribution in [3.8, 4) is 0 Å². The molecule has 0 aliphatic carbocycles. The zero-order chi connectivity index (χ0) is 10.7. The third-order valence-electron chi connectivity index (χ3n) is 1.59. The summed E-state index contributed by atoms with van der Waals surface area (Å²) in [6.07, 6.45) is 0.703. The molecule has 0 amide bonds. The van der Waals surface area contributed by atoms with Crippen molar-refractivity contribution in [2.75, 3.05) is 11.9 Å². The molecular weight excluding hydrogens is 282 g/mol. The maximum absolute atomic E-state index is 4.85. The number of aromatic nitrogens is 4. The number of halogens is 1. The summed E-state index contributed by atoms with van der Waals surface area (Å²) in [5.41, 5.74) is 0. The lowest BCUT2D eigenvalue weighted by molar-refractivity contribution is 0.387. The molecule has 0 fully saturated rings. The molecule has 0 saturated heterocycles. The topological polar surface area (TPSA) is 76.7 Å². The van der Waals surface area contributed by atoms with Gasteiger partial charge in [-0.15, -0.1) is 10.2 Å². The van der Waals surface area contributed by atoms with E-state index in [1.165, 1.54) is 11.3 Å². The number of nitrogens with one attached hydrogen (secondary N) is 1. The van der Waals surface area contributed by atoms with Crippen molar-refractivity contribution in [3.05, 3.63) is 15.6 Å². The minimum Gasteiger partial charge on any atom is -0.360 e. The Morgan fingerprint density at radius 1 is 1.47 bits per heavy atom. The molecule has 0 unspecified atom stereocenters. The van der Waals surface area contributed by atoms with Crippen molar-refractivity contribution >= 4 is 32.4 Å². The summed E-state index contributed by atoms with van der Waals surface area (Å²) in [5.74, 6) is 1.28. The van der Waals surface area contributed by atoms with Crippen LogP contribution < -0.4 is 5.32 Å². The van der Waals surface area contributed by atoms with Crippen LogP contribution >= 0.6 is 27.3 Å². The van der Waals surface area contributed by atoms with E-state index < -0.39 is 0 Å². The van der Waals surface area contributed by atoms with E-state index in [0.29, 0.717) is 24.7 Å². The highest BCUT2D eigenvalue weighted by molar-refractivity contribution is 9.11. The minimum absolute atomic E-state index is 0.587. The number of aryl methyl sites for hydroxylation is 1. The predicted octanol–water partition coefficient (Wildman–Crippen LogP) is 1.65. The number of hydrogen-bond acceptors (Lipinski definition) is 7. The van der Waals surface area contributed by atoms with Crippen molar-refractivity contribution in [1.29, 1.82) is 0 Å². The predicted molar refractivity (Wildman–Crippen MR) is 58.8 cm³/mol. The van der Waals surface area contributed by atoms with Gasteiger partial charge in [-0.1, -0.05) is 16.5 Å². The number of anilines is 1. The molecule has 2 rings (SSSR count). The minimum atomic E-state index is 0.587. The van der Waals surface area contributed by atoms with Crippen LogP contribution in [0.1, 0.15) is 11.7 Å². The summed E-state index contributed by atoms with van der Waals surface area (Å²) in [5, 5.41) is 15.4. The van der Waals surface area contributed by atoms with Crippen molar-refractivity contribution < 1.29 is 4.52 Å². The van der Waals surface area contributed by atoms with Crippen molar-refractivity contribution in [2.45, 2.75) is 13.3 Å². The Balaban J connectivity index is 1.80. The Bertz CT molecular complexity index is 402. The molecule has 0 aromatic carbocycles. The van der Waals surface area contributed by atoms with Gasteiger partial charge in [0.25, 0.3) is 0 Å². The molecule has 0 radical (unpaired) electrons. The van der Waals surface area contributed by atoms with E-state index in [1.807, 2.05) is 0 Å². The fourth-order valence-electron chi connectivity index (χ4n) is 1.00. The van der Waals surface area contributed by atoms with Crippen LogP contribution in [0.5, 0.6) is 0 Å². The molecule has 0 saturated carbocycles. The van der Waals surface area contributed by atoms with Gasteiger partial charge >= 0.3 is 0 Å². The molecule has 15 heavy (non-hydrogen) atoms. The number of nitrogens with zero attached hydrogens (tertiary/aromatic N) is 4. The van der Waals surface area contributed by atoms with E-state index in [1.54, 1.807) is 6.92 Å². The molecule has 80 valence electrons. The lowest BCUT2D eigenvalue weighted by Crippen LogP contribution is -2.05. The summed E-state index contributed by atoms with van der Waals surface area (Å²) in [6, 6.07) is 0. The van der Waals surface area contributed by atoms with Crippen LogP contribution in [-0.4, -0.2) is 26.9 Å². The van der Waals surface area contributed by atoms with E-state index in [0.717, 1.165) is 9.05 Å². The molecule has 2 aromatic rings. The summed E-state index contributed by atoms with van der Waals surface area (Å²) >= 11 is 4.68. The average molecular weight is 290 g/mol. The summed E-state index contributed by atoms with van der Waals surface area (Å²) in [6.45, 7) is 2.48. The molecule has 0 atom stereocenters. The molecule has 0 bridgehead atoms. The number of hydrogen-bond donors (Lipinski definition) is 1. The maximum Gasteiger partial charge on any atom is 0.223 e. The van der Waals surface area contributed by atoms with E-state index in [-0.39, 0.29) is 0 Å². The van der Waals surface area contributed by atoms with Crippen LogP contribution in [0.2, 0.25) is 0 Å². The fraction of sp³-hybridized carbons (Fsp3) is 0.429. The highest BCUT2D eigenvalue weighted by atomic mass is 79.9. The second kappa shape index (κ2) is 4.67. The number of rotatable bonds is 4. The van der Waals surface area contributed by atoms with Crippen LogP contribution in [0.15, 0.2) is 8.44 Å².